The summed E-state index contributed by atoms with van der Waals surface area (Å²) in [5.41, 5.74) is 5.13. The molecular weight excluding hydrogens is 174 g/mol. The molecule has 0 aliphatic carbocycles. The van der Waals surface area contributed by atoms with Crippen LogP contribution < -0.4 is 5.73 Å². The Morgan fingerprint density at radius 1 is 1.64 bits per heavy atom. The van der Waals surface area contributed by atoms with Gasteiger partial charge in [0.15, 0.2) is 0 Å². The van der Waals surface area contributed by atoms with E-state index in [1.807, 2.05) is 0 Å². The van der Waals surface area contributed by atoms with E-state index in [-0.39, 0.29) is 0 Å². The zero-order valence-electron chi connectivity index (χ0n) is 9.45. The Hall–Kier alpha value is -0.590. The van der Waals surface area contributed by atoms with Gasteiger partial charge in [-0.05, 0) is 31.7 Å². The fourth-order valence-electron chi connectivity index (χ4n) is 2.05. The molecule has 0 amide bonds. The summed E-state index contributed by atoms with van der Waals surface area (Å²) in [4.78, 5) is 2.31. The van der Waals surface area contributed by atoms with Gasteiger partial charge >= 0.3 is 0 Å². The summed E-state index contributed by atoms with van der Waals surface area (Å²) < 4.78 is 0. The molecule has 80 valence electrons. The second-order valence-electron chi connectivity index (χ2n) is 5.06. The van der Waals surface area contributed by atoms with Gasteiger partial charge in [-0.2, -0.15) is 5.26 Å². The monoisotopic (exact) mass is 195 g/mol. The van der Waals surface area contributed by atoms with Gasteiger partial charge in [0, 0.05) is 13.1 Å². The summed E-state index contributed by atoms with van der Waals surface area (Å²) in [6.07, 6.45) is 1.25. The smallest absolute Gasteiger partial charge is 0.114 e. The van der Waals surface area contributed by atoms with Crippen LogP contribution in [0.25, 0.3) is 0 Å². The standard InChI is InChI=1S/C11H21N3/c1-9(2)10-4-5-14(6-10)8-11(3,13)7-12/h9-10H,4-6,8,13H2,1-3H3. The number of likely N-dealkylation sites (tertiary alicyclic amines) is 1. The molecule has 1 saturated heterocycles. The maximum atomic E-state index is 8.83. The van der Waals surface area contributed by atoms with E-state index >= 15 is 0 Å². The zero-order valence-corrected chi connectivity index (χ0v) is 9.45. The third-order valence-corrected chi connectivity index (χ3v) is 3.06. The maximum absolute atomic E-state index is 8.83. The van der Waals surface area contributed by atoms with Gasteiger partial charge in [-0.1, -0.05) is 13.8 Å². The van der Waals surface area contributed by atoms with E-state index in [1.54, 1.807) is 6.92 Å². The molecule has 2 atom stereocenters. The SMILES string of the molecule is CC(C)C1CCN(CC(C)(N)C#N)C1. The molecule has 1 heterocycles. The van der Waals surface area contributed by atoms with Gasteiger partial charge < -0.3 is 10.6 Å². The van der Waals surface area contributed by atoms with Crippen molar-refractivity contribution in [1.29, 1.82) is 5.26 Å². The van der Waals surface area contributed by atoms with Crippen molar-refractivity contribution >= 4 is 0 Å². The summed E-state index contributed by atoms with van der Waals surface area (Å²) in [6.45, 7) is 9.23. The molecule has 0 radical (unpaired) electrons. The molecule has 1 fully saturated rings. The quantitative estimate of drug-likeness (QED) is 0.736. The Balaban J connectivity index is 2.41. The molecule has 14 heavy (non-hydrogen) atoms. The number of nitrogens with two attached hydrogens (primary N) is 1. The average molecular weight is 195 g/mol. The first-order valence-corrected chi connectivity index (χ1v) is 5.37. The van der Waals surface area contributed by atoms with Crippen LogP contribution >= 0.6 is 0 Å². The van der Waals surface area contributed by atoms with Crippen LogP contribution in [0.3, 0.4) is 0 Å². The minimum atomic E-state index is -0.689. The van der Waals surface area contributed by atoms with Gasteiger partial charge in [-0.15, -0.1) is 0 Å². The molecular formula is C11H21N3. The maximum Gasteiger partial charge on any atom is 0.114 e. The van der Waals surface area contributed by atoms with Crippen LogP contribution in [0.15, 0.2) is 0 Å². The Labute approximate surface area is 86.9 Å². The van der Waals surface area contributed by atoms with E-state index in [4.69, 9.17) is 11.0 Å². The Bertz CT molecular complexity index is 227. The first-order valence-electron chi connectivity index (χ1n) is 5.37. The highest BCUT2D eigenvalue weighted by molar-refractivity contribution is 5.03. The molecule has 3 nitrogen and oxygen atoms in total. The minimum absolute atomic E-state index is 0.689. The summed E-state index contributed by atoms with van der Waals surface area (Å²) in [5, 5.41) is 8.83. The zero-order chi connectivity index (χ0) is 10.8. The molecule has 0 saturated carbocycles. The average Bonchev–Trinajstić information content (AvgIpc) is 2.52. The highest BCUT2D eigenvalue weighted by atomic mass is 15.2. The van der Waals surface area contributed by atoms with E-state index in [0.29, 0.717) is 6.54 Å². The van der Waals surface area contributed by atoms with Crippen molar-refractivity contribution < 1.29 is 0 Å². The molecule has 0 aromatic carbocycles. The van der Waals surface area contributed by atoms with Crippen molar-refractivity contribution in [2.75, 3.05) is 19.6 Å². The predicted octanol–water partition coefficient (Wildman–Crippen LogP) is 1.21. The second kappa shape index (κ2) is 4.29. The molecule has 1 aliphatic heterocycles. The topological polar surface area (TPSA) is 53.0 Å². The summed E-state index contributed by atoms with van der Waals surface area (Å²) in [6, 6.07) is 2.15. The van der Waals surface area contributed by atoms with Crippen molar-refractivity contribution in [2.24, 2.45) is 17.6 Å². The van der Waals surface area contributed by atoms with Crippen LogP contribution in [-0.4, -0.2) is 30.1 Å². The summed E-state index contributed by atoms with van der Waals surface area (Å²) >= 11 is 0. The van der Waals surface area contributed by atoms with Gasteiger partial charge in [-0.3, -0.25) is 0 Å². The second-order valence-corrected chi connectivity index (χ2v) is 5.06. The van der Waals surface area contributed by atoms with Crippen molar-refractivity contribution in [3.63, 3.8) is 0 Å². The number of hydrogen-bond donors (Lipinski definition) is 1. The fourth-order valence-corrected chi connectivity index (χ4v) is 2.05. The minimum Gasteiger partial charge on any atom is -0.313 e. The van der Waals surface area contributed by atoms with Crippen molar-refractivity contribution in [1.82, 2.24) is 4.90 Å². The molecule has 0 bridgehead atoms. The molecule has 1 aliphatic rings. The number of hydrogen-bond acceptors (Lipinski definition) is 3. The van der Waals surface area contributed by atoms with E-state index in [2.05, 4.69) is 24.8 Å². The number of nitrogens with zero attached hydrogens (tertiary/aromatic N) is 2. The third kappa shape index (κ3) is 2.97. The highest BCUT2D eigenvalue weighted by Crippen LogP contribution is 2.24. The lowest BCUT2D eigenvalue weighted by Crippen LogP contribution is -2.46. The van der Waals surface area contributed by atoms with Gasteiger partial charge in [-0.25, -0.2) is 0 Å². The summed E-state index contributed by atoms with van der Waals surface area (Å²) in [7, 11) is 0. The lowest BCUT2D eigenvalue weighted by molar-refractivity contribution is 0.269. The molecule has 0 spiro atoms. The lowest BCUT2D eigenvalue weighted by Gasteiger charge is -2.24. The van der Waals surface area contributed by atoms with Crippen LogP contribution in [-0.2, 0) is 0 Å². The molecule has 3 heteroatoms. The molecule has 0 aromatic rings. The molecule has 2 unspecified atom stereocenters. The largest absolute Gasteiger partial charge is 0.313 e. The van der Waals surface area contributed by atoms with Gasteiger partial charge in [0.05, 0.1) is 6.07 Å². The number of rotatable bonds is 3. The van der Waals surface area contributed by atoms with Crippen molar-refractivity contribution in [3.8, 4) is 6.07 Å². The van der Waals surface area contributed by atoms with E-state index in [9.17, 15) is 0 Å². The summed E-state index contributed by atoms with van der Waals surface area (Å²) in [5.74, 6) is 1.52. The van der Waals surface area contributed by atoms with Crippen LogP contribution in [0, 0.1) is 23.2 Å². The molecule has 2 N–H and O–H groups in total. The van der Waals surface area contributed by atoms with Crippen LogP contribution in [0.1, 0.15) is 27.2 Å². The lowest BCUT2D eigenvalue weighted by atomic mass is 9.95. The van der Waals surface area contributed by atoms with Crippen molar-refractivity contribution in [2.45, 2.75) is 32.7 Å². The Kier molecular flexibility index (Phi) is 3.52. The van der Waals surface area contributed by atoms with E-state index in [1.165, 1.54) is 6.42 Å². The van der Waals surface area contributed by atoms with Crippen LogP contribution in [0.4, 0.5) is 0 Å². The predicted molar refractivity (Wildman–Crippen MR) is 57.6 cm³/mol. The Morgan fingerprint density at radius 2 is 2.29 bits per heavy atom. The van der Waals surface area contributed by atoms with Gasteiger partial charge in [0.1, 0.15) is 5.54 Å². The first kappa shape index (κ1) is 11.5. The molecule has 0 aromatic heterocycles. The third-order valence-electron chi connectivity index (χ3n) is 3.06. The fraction of sp³-hybridized carbons (Fsp3) is 0.909. The van der Waals surface area contributed by atoms with Gasteiger partial charge in [0.25, 0.3) is 0 Å². The van der Waals surface area contributed by atoms with Crippen LogP contribution in [0.5, 0.6) is 0 Å². The van der Waals surface area contributed by atoms with E-state index in [0.717, 1.165) is 24.9 Å². The number of nitriles is 1. The normalized spacial score (nSPS) is 27.6. The van der Waals surface area contributed by atoms with Crippen LogP contribution in [0.2, 0.25) is 0 Å². The Morgan fingerprint density at radius 3 is 2.71 bits per heavy atom. The first-order chi connectivity index (χ1) is 6.44. The van der Waals surface area contributed by atoms with Crippen molar-refractivity contribution in [3.05, 3.63) is 0 Å². The van der Waals surface area contributed by atoms with E-state index < -0.39 is 5.54 Å². The highest BCUT2D eigenvalue weighted by Gasteiger charge is 2.29. The molecule has 1 rings (SSSR count). The van der Waals surface area contributed by atoms with Gasteiger partial charge in [0.2, 0.25) is 0 Å².